The highest BCUT2D eigenvalue weighted by Gasteiger charge is 2.12. The van der Waals surface area contributed by atoms with Gasteiger partial charge in [0.1, 0.15) is 11.6 Å². The SMILES string of the molecule is Cc1ccc2nc(CN(CCN)Cc3nc4ccc(C)cc4[nH]3)[nH]c2c1. The van der Waals surface area contributed by atoms with E-state index in [1.807, 2.05) is 0 Å². The van der Waals surface area contributed by atoms with Crippen LogP contribution in [0.4, 0.5) is 0 Å². The highest BCUT2D eigenvalue weighted by Crippen LogP contribution is 2.17. The first-order valence-corrected chi connectivity index (χ1v) is 8.93. The van der Waals surface area contributed by atoms with Gasteiger partial charge < -0.3 is 15.7 Å². The molecule has 0 radical (unpaired) electrons. The molecule has 0 aliphatic carbocycles. The lowest BCUT2D eigenvalue weighted by Crippen LogP contribution is -2.29. The van der Waals surface area contributed by atoms with Crippen LogP contribution in [0.3, 0.4) is 0 Å². The molecule has 0 saturated heterocycles. The Morgan fingerprint density at radius 3 is 1.81 bits per heavy atom. The zero-order chi connectivity index (χ0) is 18.1. The van der Waals surface area contributed by atoms with Gasteiger partial charge in [0, 0.05) is 13.1 Å². The lowest BCUT2D eigenvalue weighted by Gasteiger charge is -2.18. The molecule has 0 bridgehead atoms. The summed E-state index contributed by atoms with van der Waals surface area (Å²) in [5.41, 5.74) is 12.4. The van der Waals surface area contributed by atoms with Crippen LogP contribution >= 0.6 is 0 Å². The van der Waals surface area contributed by atoms with Gasteiger partial charge in [-0.1, -0.05) is 12.1 Å². The third kappa shape index (κ3) is 3.47. The third-order valence-electron chi connectivity index (χ3n) is 4.56. The van der Waals surface area contributed by atoms with E-state index in [-0.39, 0.29) is 0 Å². The first-order chi connectivity index (χ1) is 12.6. The van der Waals surface area contributed by atoms with Gasteiger partial charge in [0.05, 0.1) is 35.2 Å². The molecule has 0 atom stereocenters. The molecule has 0 saturated carbocycles. The van der Waals surface area contributed by atoms with Gasteiger partial charge in [-0.25, -0.2) is 9.97 Å². The van der Waals surface area contributed by atoms with Gasteiger partial charge >= 0.3 is 0 Å². The predicted molar refractivity (Wildman–Crippen MR) is 105 cm³/mol. The van der Waals surface area contributed by atoms with Crippen molar-refractivity contribution in [3.05, 3.63) is 59.2 Å². The number of aryl methyl sites for hydroxylation is 2. The van der Waals surface area contributed by atoms with Crippen LogP contribution < -0.4 is 5.73 Å². The number of hydrogen-bond donors (Lipinski definition) is 3. The Labute approximate surface area is 152 Å². The lowest BCUT2D eigenvalue weighted by atomic mass is 10.2. The van der Waals surface area contributed by atoms with Gasteiger partial charge in [0.25, 0.3) is 0 Å². The first kappa shape index (κ1) is 16.8. The quantitative estimate of drug-likeness (QED) is 0.500. The van der Waals surface area contributed by atoms with Gasteiger partial charge in [-0.05, 0) is 49.2 Å². The average molecular weight is 348 g/mol. The Kier molecular flexibility index (Phi) is 4.44. The second-order valence-electron chi connectivity index (χ2n) is 6.91. The van der Waals surface area contributed by atoms with E-state index in [9.17, 15) is 0 Å². The van der Waals surface area contributed by atoms with Crippen LogP contribution in [0.5, 0.6) is 0 Å². The number of H-pyrrole nitrogens is 2. The molecule has 4 N–H and O–H groups in total. The minimum absolute atomic E-state index is 0.596. The molecule has 6 nitrogen and oxygen atoms in total. The van der Waals surface area contributed by atoms with E-state index in [0.717, 1.165) is 40.3 Å². The molecule has 2 aromatic carbocycles. The normalized spacial score (nSPS) is 11.8. The molecular formula is C20H24N6. The van der Waals surface area contributed by atoms with Crippen molar-refractivity contribution in [1.82, 2.24) is 24.8 Å². The zero-order valence-electron chi connectivity index (χ0n) is 15.2. The molecule has 0 aliphatic heterocycles. The first-order valence-electron chi connectivity index (χ1n) is 8.93. The molecule has 0 fully saturated rings. The fourth-order valence-corrected chi connectivity index (χ4v) is 3.32. The third-order valence-corrected chi connectivity index (χ3v) is 4.56. The van der Waals surface area contributed by atoms with Crippen molar-refractivity contribution in [2.75, 3.05) is 13.1 Å². The van der Waals surface area contributed by atoms with Crippen LogP contribution in [0.2, 0.25) is 0 Å². The maximum absolute atomic E-state index is 5.82. The Morgan fingerprint density at radius 1 is 0.846 bits per heavy atom. The Hall–Kier alpha value is -2.70. The molecule has 4 rings (SSSR count). The number of nitrogens with zero attached hydrogens (tertiary/aromatic N) is 3. The highest BCUT2D eigenvalue weighted by molar-refractivity contribution is 5.76. The number of imidazole rings is 2. The molecule has 2 heterocycles. The zero-order valence-corrected chi connectivity index (χ0v) is 15.2. The van der Waals surface area contributed by atoms with Crippen LogP contribution in [-0.4, -0.2) is 37.9 Å². The average Bonchev–Trinajstić information content (AvgIpc) is 3.16. The molecule has 26 heavy (non-hydrogen) atoms. The van der Waals surface area contributed by atoms with Crippen LogP contribution in [0, 0.1) is 13.8 Å². The maximum Gasteiger partial charge on any atom is 0.121 e. The van der Waals surface area contributed by atoms with Crippen molar-refractivity contribution < 1.29 is 0 Å². The van der Waals surface area contributed by atoms with Crippen LogP contribution in [0.25, 0.3) is 22.1 Å². The summed E-state index contributed by atoms with van der Waals surface area (Å²) < 4.78 is 0. The molecule has 134 valence electrons. The van der Waals surface area contributed by atoms with Crippen molar-refractivity contribution in [3.8, 4) is 0 Å². The standard InChI is InChI=1S/C20H24N6/c1-13-3-5-15-17(9-13)24-19(22-15)11-26(8-7-21)12-20-23-16-6-4-14(2)10-18(16)25-20/h3-6,9-10H,7-8,11-12,21H2,1-2H3,(H,22,24)(H,23,25). The number of nitrogens with one attached hydrogen (secondary N) is 2. The summed E-state index contributed by atoms with van der Waals surface area (Å²) in [6.45, 7) is 6.97. The summed E-state index contributed by atoms with van der Waals surface area (Å²) in [5, 5.41) is 0. The van der Waals surface area contributed by atoms with Crippen LogP contribution in [-0.2, 0) is 13.1 Å². The number of aromatic amines is 2. The minimum atomic E-state index is 0.596. The topological polar surface area (TPSA) is 86.6 Å². The summed E-state index contributed by atoms with van der Waals surface area (Å²) in [4.78, 5) is 18.5. The molecule has 2 aromatic heterocycles. The molecule has 4 aromatic rings. The molecule has 0 spiro atoms. The van der Waals surface area contributed by atoms with Gasteiger partial charge in [-0.3, -0.25) is 4.90 Å². The second-order valence-corrected chi connectivity index (χ2v) is 6.91. The van der Waals surface area contributed by atoms with E-state index in [1.54, 1.807) is 0 Å². The summed E-state index contributed by atoms with van der Waals surface area (Å²) in [6.07, 6.45) is 0. The number of rotatable bonds is 6. The minimum Gasteiger partial charge on any atom is -0.341 e. The summed E-state index contributed by atoms with van der Waals surface area (Å²) in [7, 11) is 0. The largest absolute Gasteiger partial charge is 0.341 e. The van der Waals surface area contributed by atoms with Crippen molar-refractivity contribution in [3.63, 3.8) is 0 Å². The van der Waals surface area contributed by atoms with E-state index in [2.05, 4.69) is 65.1 Å². The number of fused-ring (bicyclic) bond motifs is 2. The molecule has 0 unspecified atom stereocenters. The number of nitrogens with two attached hydrogens (primary N) is 1. The number of benzene rings is 2. The molecule has 6 heteroatoms. The molecular weight excluding hydrogens is 324 g/mol. The van der Waals surface area contributed by atoms with Gasteiger partial charge in [-0.2, -0.15) is 0 Å². The Morgan fingerprint density at radius 2 is 1.35 bits per heavy atom. The van der Waals surface area contributed by atoms with Gasteiger partial charge in [-0.15, -0.1) is 0 Å². The monoisotopic (exact) mass is 348 g/mol. The highest BCUT2D eigenvalue weighted by atomic mass is 15.2. The fraction of sp³-hybridized carbons (Fsp3) is 0.300. The van der Waals surface area contributed by atoms with Crippen LogP contribution in [0.15, 0.2) is 36.4 Å². The number of aromatic nitrogens is 4. The van der Waals surface area contributed by atoms with Crippen molar-refractivity contribution >= 4 is 22.1 Å². The Balaban J connectivity index is 1.55. The lowest BCUT2D eigenvalue weighted by molar-refractivity contribution is 0.253. The molecule has 0 amide bonds. The van der Waals surface area contributed by atoms with Crippen LogP contribution in [0.1, 0.15) is 22.8 Å². The van der Waals surface area contributed by atoms with Crippen molar-refractivity contribution in [2.45, 2.75) is 26.9 Å². The second kappa shape index (κ2) is 6.90. The summed E-state index contributed by atoms with van der Waals surface area (Å²) >= 11 is 0. The van der Waals surface area contributed by atoms with E-state index in [0.29, 0.717) is 19.6 Å². The van der Waals surface area contributed by atoms with E-state index in [1.165, 1.54) is 11.1 Å². The predicted octanol–water partition coefficient (Wildman–Crippen LogP) is 3.02. The van der Waals surface area contributed by atoms with Crippen molar-refractivity contribution in [1.29, 1.82) is 0 Å². The van der Waals surface area contributed by atoms with E-state index in [4.69, 9.17) is 15.7 Å². The number of hydrogen-bond acceptors (Lipinski definition) is 4. The summed E-state index contributed by atoms with van der Waals surface area (Å²) in [5.74, 6) is 1.90. The smallest absolute Gasteiger partial charge is 0.121 e. The van der Waals surface area contributed by atoms with Crippen molar-refractivity contribution in [2.24, 2.45) is 5.73 Å². The van der Waals surface area contributed by atoms with E-state index >= 15 is 0 Å². The van der Waals surface area contributed by atoms with Gasteiger partial charge in [0.15, 0.2) is 0 Å². The maximum atomic E-state index is 5.82. The summed E-state index contributed by atoms with van der Waals surface area (Å²) in [6, 6.07) is 12.5. The fourth-order valence-electron chi connectivity index (χ4n) is 3.32. The van der Waals surface area contributed by atoms with E-state index < -0.39 is 0 Å². The molecule has 0 aliphatic rings. The Bertz CT molecular complexity index is 963. The van der Waals surface area contributed by atoms with Gasteiger partial charge in [0.2, 0.25) is 0 Å².